The molecule has 0 fully saturated rings. The molecule has 0 aromatic heterocycles. The summed E-state index contributed by atoms with van der Waals surface area (Å²) in [6.07, 6.45) is 1.03. The number of nitrogens with two attached hydrogens (primary N) is 2. The zero-order chi connectivity index (χ0) is 51.9. The topological polar surface area (TPSA) is 389 Å². The summed E-state index contributed by atoms with van der Waals surface area (Å²) >= 11 is 0. The van der Waals surface area contributed by atoms with Crippen molar-refractivity contribution in [3.8, 4) is 0 Å². The van der Waals surface area contributed by atoms with Gasteiger partial charge in [-0.2, -0.15) is 0 Å². The fraction of sp³-hybridized carbons (Fsp3) is 0.744. The minimum atomic E-state index is -1.70. The number of hydrogen-bond donors (Lipinski definition) is 13. The molecule has 8 atom stereocenters. The monoisotopic (exact) mass is 956 g/mol. The zero-order valence-electron chi connectivity index (χ0n) is 40.7. The minimum absolute atomic E-state index is 0.0178. The minimum Gasteiger partial charge on any atom is -0.481 e. The van der Waals surface area contributed by atoms with Crippen LogP contribution in [0.1, 0.15) is 108 Å². The lowest BCUT2D eigenvalue weighted by atomic mass is 9.97. The summed E-state index contributed by atoms with van der Waals surface area (Å²) in [4.78, 5) is 141. The molecule has 15 N–H and O–H groups in total. The van der Waals surface area contributed by atoms with Crippen molar-refractivity contribution >= 4 is 65.1 Å². The average molecular weight is 956 g/mol. The fourth-order valence-corrected chi connectivity index (χ4v) is 6.31. The Labute approximate surface area is 392 Å². The molecule has 0 saturated heterocycles. The number of hydrogen-bond acceptors (Lipinski definition) is 13. The van der Waals surface area contributed by atoms with Crippen molar-refractivity contribution in [2.24, 2.45) is 41.1 Å². The second-order valence-corrected chi connectivity index (χ2v) is 18.3. The predicted molar refractivity (Wildman–Crippen MR) is 245 cm³/mol. The van der Waals surface area contributed by atoms with Gasteiger partial charge in [0.25, 0.3) is 0 Å². The van der Waals surface area contributed by atoms with Gasteiger partial charge < -0.3 is 69.5 Å². The molecule has 24 nitrogen and oxygen atoms in total. The molecule has 0 aliphatic carbocycles. The number of carboxylic acids is 2. The lowest BCUT2D eigenvalue weighted by Crippen LogP contribution is -2.61. The number of carbonyl (C=O) groups is 11. The number of carbonyl (C=O) groups excluding carboxylic acids is 9. The Morgan fingerprint density at radius 1 is 0.463 bits per heavy atom. The third-order valence-corrected chi connectivity index (χ3v) is 10.3. The number of unbranched alkanes of at least 4 members (excludes halogenated alkanes) is 1. The largest absolute Gasteiger partial charge is 0.481 e. The van der Waals surface area contributed by atoms with E-state index >= 15 is 0 Å². The highest BCUT2D eigenvalue weighted by Crippen LogP contribution is 2.12. The Morgan fingerprint density at radius 2 is 0.896 bits per heavy atom. The second-order valence-electron chi connectivity index (χ2n) is 18.3. The predicted octanol–water partition coefficient (Wildman–Crippen LogP) is -2.68. The Balaban J connectivity index is 5.69. The highest BCUT2D eigenvalue weighted by atomic mass is 16.4. The van der Waals surface area contributed by atoms with Crippen LogP contribution in [0.3, 0.4) is 0 Å². The first-order valence-electron chi connectivity index (χ1n) is 22.6. The standard InChI is InChI=1S/C43H77N11O13/c1-20(2)16-27(50-37(60)26(45)14-12-13-15-44)39(62)52-33(22(5)6)41(64)54-34(23(7)8)42(65)53-32(21(3)4)40(63)47-18-29(55)48-25(11)36(59)49-28(17-31(57)58)38(61)46-19-30(56)51-35(24(9)10)43(66)67/h20-28,32-35H,12-19,44-45H2,1-11H3,(H,46,61)(H,47,63)(H,48,55)(H,49,59)(H,50,60)(H,51,56)(H,52,62)(H,53,65)(H,54,64)(H,57,58)(H,66,67)/t25-,26-,27-,28-,32-,33-,34-,35-/m0/s1. The molecule has 0 aliphatic rings. The van der Waals surface area contributed by atoms with Crippen LogP contribution in [0.25, 0.3) is 0 Å². The zero-order valence-corrected chi connectivity index (χ0v) is 40.7. The maximum atomic E-state index is 13.7. The normalized spacial score (nSPS) is 14.9. The van der Waals surface area contributed by atoms with Gasteiger partial charge in [0, 0.05) is 0 Å². The molecule has 0 spiro atoms. The van der Waals surface area contributed by atoms with Gasteiger partial charge in [0.2, 0.25) is 53.2 Å². The molecule has 0 unspecified atom stereocenters. The van der Waals surface area contributed by atoms with E-state index in [0.29, 0.717) is 25.8 Å². The van der Waals surface area contributed by atoms with Crippen LogP contribution in [0.2, 0.25) is 0 Å². The summed E-state index contributed by atoms with van der Waals surface area (Å²) in [6.45, 7) is 17.0. The highest BCUT2D eigenvalue weighted by molar-refractivity contribution is 5.98. The van der Waals surface area contributed by atoms with Crippen molar-refractivity contribution in [1.82, 2.24) is 47.9 Å². The third-order valence-electron chi connectivity index (χ3n) is 10.3. The fourth-order valence-electron chi connectivity index (χ4n) is 6.31. The molecular formula is C43H77N11O13. The summed E-state index contributed by atoms with van der Waals surface area (Å²) in [5, 5.41) is 40.5. The molecule has 0 bridgehead atoms. The van der Waals surface area contributed by atoms with Crippen LogP contribution in [0.5, 0.6) is 0 Å². The van der Waals surface area contributed by atoms with Gasteiger partial charge in [-0.15, -0.1) is 0 Å². The maximum Gasteiger partial charge on any atom is 0.326 e. The van der Waals surface area contributed by atoms with E-state index in [1.807, 2.05) is 13.8 Å². The summed E-state index contributed by atoms with van der Waals surface area (Å²) in [5.74, 6) is -12.0. The maximum absolute atomic E-state index is 13.7. The Kier molecular flexibility index (Phi) is 27.7. The Morgan fingerprint density at radius 3 is 1.33 bits per heavy atom. The molecule has 67 heavy (non-hydrogen) atoms. The number of rotatable bonds is 31. The first-order chi connectivity index (χ1) is 31.0. The number of carboxylic acid groups (broad SMARTS) is 2. The SMILES string of the molecule is CC(C)C[C@H](NC(=O)[C@@H](N)CCCCN)C(=O)N[C@H](C(=O)N[C@H](C(=O)N[C@H](C(=O)NCC(=O)N[C@@H](C)C(=O)N[C@@H](CC(=O)O)C(=O)NCC(=O)N[C@H](C(=O)O)C(C)C)C(C)C)C(C)C)C(C)C. The number of nitrogens with one attached hydrogen (secondary N) is 9. The van der Waals surface area contributed by atoms with E-state index in [1.165, 1.54) is 6.92 Å². The summed E-state index contributed by atoms with van der Waals surface area (Å²) in [6, 6.07) is -9.75. The molecule has 0 saturated carbocycles. The van der Waals surface area contributed by atoms with Gasteiger partial charge in [-0.1, -0.05) is 75.7 Å². The van der Waals surface area contributed by atoms with Crippen LogP contribution in [0.15, 0.2) is 0 Å². The third kappa shape index (κ3) is 23.4. The van der Waals surface area contributed by atoms with Crippen molar-refractivity contribution in [3.63, 3.8) is 0 Å². The van der Waals surface area contributed by atoms with E-state index in [2.05, 4.69) is 47.9 Å². The Bertz CT molecular complexity index is 1720. The van der Waals surface area contributed by atoms with E-state index in [1.54, 1.807) is 55.4 Å². The summed E-state index contributed by atoms with van der Waals surface area (Å²) < 4.78 is 0. The van der Waals surface area contributed by atoms with Crippen molar-refractivity contribution in [2.45, 2.75) is 157 Å². The molecule has 24 heteroatoms. The molecule has 0 aromatic rings. The molecule has 0 aromatic carbocycles. The van der Waals surface area contributed by atoms with Crippen LogP contribution < -0.4 is 59.3 Å². The molecule has 0 aliphatic heterocycles. The van der Waals surface area contributed by atoms with Crippen LogP contribution in [-0.2, 0) is 52.7 Å². The van der Waals surface area contributed by atoms with E-state index in [0.717, 1.165) is 0 Å². The van der Waals surface area contributed by atoms with Gasteiger partial charge in [-0.05, 0) is 62.3 Å². The van der Waals surface area contributed by atoms with Gasteiger partial charge in [0.1, 0.15) is 42.3 Å². The van der Waals surface area contributed by atoms with Crippen molar-refractivity contribution in [1.29, 1.82) is 0 Å². The lowest BCUT2D eigenvalue weighted by Gasteiger charge is -2.30. The van der Waals surface area contributed by atoms with Crippen LogP contribution in [-0.4, -0.2) is 143 Å². The smallest absolute Gasteiger partial charge is 0.326 e. The summed E-state index contributed by atoms with van der Waals surface area (Å²) in [7, 11) is 0. The molecule has 382 valence electrons. The highest BCUT2D eigenvalue weighted by Gasteiger charge is 2.35. The molecule has 0 heterocycles. The first kappa shape index (κ1) is 61.1. The molecule has 9 amide bonds. The van der Waals surface area contributed by atoms with E-state index < -0.39 is 157 Å². The quantitative estimate of drug-likeness (QED) is 0.0315. The average Bonchev–Trinajstić information content (AvgIpc) is 3.22. The molecule has 0 rings (SSSR count). The number of aliphatic carboxylic acids is 2. The van der Waals surface area contributed by atoms with E-state index in [9.17, 15) is 63.0 Å². The van der Waals surface area contributed by atoms with Crippen molar-refractivity contribution in [2.75, 3.05) is 19.6 Å². The first-order valence-corrected chi connectivity index (χ1v) is 22.6. The van der Waals surface area contributed by atoms with Crippen LogP contribution in [0, 0.1) is 29.6 Å². The van der Waals surface area contributed by atoms with Gasteiger partial charge in [0.05, 0.1) is 25.6 Å². The molecular weight excluding hydrogens is 879 g/mol. The van der Waals surface area contributed by atoms with Crippen LogP contribution >= 0.6 is 0 Å². The van der Waals surface area contributed by atoms with Gasteiger partial charge in [-0.25, -0.2) is 4.79 Å². The Hall–Kier alpha value is -5.91. The summed E-state index contributed by atoms with van der Waals surface area (Å²) in [5.41, 5.74) is 11.6. The second kappa shape index (κ2) is 30.4. The van der Waals surface area contributed by atoms with Gasteiger partial charge >= 0.3 is 11.9 Å². The van der Waals surface area contributed by atoms with E-state index in [-0.39, 0.29) is 12.3 Å². The molecule has 0 radical (unpaired) electrons. The van der Waals surface area contributed by atoms with Crippen LogP contribution in [0.4, 0.5) is 0 Å². The van der Waals surface area contributed by atoms with Gasteiger partial charge in [-0.3, -0.25) is 47.9 Å². The van der Waals surface area contributed by atoms with Gasteiger partial charge in [0.15, 0.2) is 0 Å². The van der Waals surface area contributed by atoms with E-state index in [4.69, 9.17) is 11.5 Å². The lowest BCUT2D eigenvalue weighted by molar-refractivity contribution is -0.143. The number of amides is 9. The van der Waals surface area contributed by atoms with Crippen molar-refractivity contribution in [3.05, 3.63) is 0 Å². The van der Waals surface area contributed by atoms with Crippen molar-refractivity contribution < 1.29 is 63.0 Å².